The molecule has 30 heavy (non-hydrogen) atoms. The Hall–Kier alpha value is -2.61. The molecule has 0 unspecified atom stereocenters. The van der Waals surface area contributed by atoms with Gasteiger partial charge in [-0.15, -0.1) is 0 Å². The molecular formula is C22H33N5O3. The maximum Gasteiger partial charge on any atom is 0.303 e. The molecular weight excluding hydrogens is 382 g/mol. The van der Waals surface area contributed by atoms with Crippen molar-refractivity contribution in [2.45, 2.75) is 52.2 Å². The monoisotopic (exact) mass is 415 g/mol. The van der Waals surface area contributed by atoms with Gasteiger partial charge in [-0.1, -0.05) is 18.6 Å². The number of piperidine rings is 1. The normalized spacial score (nSPS) is 14.5. The standard InChI is InChI=1S/C22H33N5O3/c1-18(28)30-17-21-24-22(26(2)25-21)23-11-4-7-14-29-20-10-8-9-19(15-20)16-27-12-5-3-6-13-27/h8-10,15H,3-7,11-14,16-17H2,1-2H3,(H,23,24,25). The van der Waals surface area contributed by atoms with E-state index in [1.807, 2.05) is 13.1 Å². The number of ether oxygens (including phenoxy) is 2. The molecule has 1 aliphatic rings. The van der Waals surface area contributed by atoms with E-state index in [-0.39, 0.29) is 12.6 Å². The number of hydrogen-bond acceptors (Lipinski definition) is 7. The van der Waals surface area contributed by atoms with Crippen LogP contribution in [0.1, 0.15) is 50.4 Å². The number of anilines is 1. The Kier molecular flexibility index (Phi) is 8.50. The van der Waals surface area contributed by atoms with Crippen molar-refractivity contribution in [1.29, 1.82) is 0 Å². The number of aromatic nitrogens is 3. The lowest BCUT2D eigenvalue weighted by atomic mass is 10.1. The van der Waals surface area contributed by atoms with E-state index in [1.54, 1.807) is 4.68 Å². The molecule has 0 spiro atoms. The molecule has 8 heteroatoms. The van der Waals surface area contributed by atoms with E-state index in [0.717, 1.165) is 31.7 Å². The second kappa shape index (κ2) is 11.5. The molecule has 3 rings (SSSR count). The minimum absolute atomic E-state index is 0.0928. The molecule has 164 valence electrons. The largest absolute Gasteiger partial charge is 0.494 e. The highest BCUT2D eigenvalue weighted by atomic mass is 16.5. The van der Waals surface area contributed by atoms with Crippen LogP contribution in [-0.4, -0.2) is 51.9 Å². The average Bonchev–Trinajstić information content (AvgIpc) is 3.09. The number of esters is 1. The van der Waals surface area contributed by atoms with Gasteiger partial charge in [-0.25, -0.2) is 4.68 Å². The topological polar surface area (TPSA) is 81.5 Å². The van der Waals surface area contributed by atoms with E-state index in [0.29, 0.717) is 18.4 Å². The lowest BCUT2D eigenvalue weighted by Crippen LogP contribution is -2.29. The minimum Gasteiger partial charge on any atom is -0.494 e. The summed E-state index contributed by atoms with van der Waals surface area (Å²) in [5.74, 6) is 1.77. The fourth-order valence-corrected chi connectivity index (χ4v) is 3.55. The first-order valence-electron chi connectivity index (χ1n) is 10.8. The molecule has 0 aliphatic carbocycles. The predicted molar refractivity (Wildman–Crippen MR) is 115 cm³/mol. The van der Waals surface area contributed by atoms with Gasteiger partial charge in [0.15, 0.2) is 12.4 Å². The van der Waals surface area contributed by atoms with E-state index >= 15 is 0 Å². The van der Waals surface area contributed by atoms with Crippen LogP contribution >= 0.6 is 0 Å². The zero-order valence-electron chi connectivity index (χ0n) is 18.1. The summed E-state index contributed by atoms with van der Waals surface area (Å²) < 4.78 is 12.5. The molecule has 0 atom stereocenters. The molecule has 0 amide bonds. The SMILES string of the molecule is CC(=O)OCc1nc(NCCCCOc2cccc(CN3CCCCC3)c2)n(C)n1. The highest BCUT2D eigenvalue weighted by Crippen LogP contribution is 2.18. The molecule has 1 aliphatic heterocycles. The van der Waals surface area contributed by atoms with Gasteiger partial charge in [-0.2, -0.15) is 10.1 Å². The van der Waals surface area contributed by atoms with Gasteiger partial charge in [0, 0.05) is 27.1 Å². The zero-order valence-corrected chi connectivity index (χ0v) is 18.1. The van der Waals surface area contributed by atoms with Crippen molar-refractivity contribution in [3.8, 4) is 5.75 Å². The maximum absolute atomic E-state index is 10.9. The lowest BCUT2D eigenvalue weighted by molar-refractivity contribution is -0.142. The third-order valence-electron chi connectivity index (χ3n) is 5.09. The maximum atomic E-state index is 10.9. The van der Waals surface area contributed by atoms with Crippen LogP contribution < -0.4 is 10.1 Å². The molecule has 0 saturated carbocycles. The van der Waals surface area contributed by atoms with Gasteiger partial charge in [0.2, 0.25) is 5.95 Å². The summed E-state index contributed by atoms with van der Waals surface area (Å²) in [6.45, 7) is 6.34. The van der Waals surface area contributed by atoms with Crippen LogP contribution in [0, 0.1) is 0 Å². The Balaban J connectivity index is 1.32. The quantitative estimate of drug-likeness (QED) is 0.446. The number of carbonyl (C=O) groups excluding carboxylic acids is 1. The van der Waals surface area contributed by atoms with Gasteiger partial charge in [0.25, 0.3) is 0 Å². The van der Waals surface area contributed by atoms with Crippen LogP contribution in [0.25, 0.3) is 0 Å². The fourth-order valence-electron chi connectivity index (χ4n) is 3.55. The minimum atomic E-state index is -0.339. The summed E-state index contributed by atoms with van der Waals surface area (Å²) in [5, 5.41) is 7.49. The number of carbonyl (C=O) groups is 1. The first kappa shape index (κ1) is 22.1. The molecule has 2 heterocycles. The second-order valence-electron chi connectivity index (χ2n) is 7.72. The van der Waals surface area contributed by atoms with E-state index in [9.17, 15) is 4.79 Å². The average molecular weight is 416 g/mol. The molecule has 2 aromatic rings. The summed E-state index contributed by atoms with van der Waals surface area (Å²) in [7, 11) is 1.81. The molecule has 1 saturated heterocycles. The van der Waals surface area contributed by atoms with E-state index in [2.05, 4.69) is 38.5 Å². The molecule has 1 N–H and O–H groups in total. The number of likely N-dealkylation sites (tertiary alicyclic amines) is 1. The van der Waals surface area contributed by atoms with Crippen molar-refractivity contribution in [2.75, 3.05) is 31.6 Å². The molecule has 0 radical (unpaired) electrons. The van der Waals surface area contributed by atoms with Crippen molar-refractivity contribution in [3.05, 3.63) is 35.7 Å². The number of hydrogen-bond donors (Lipinski definition) is 1. The molecule has 1 fully saturated rings. The Morgan fingerprint density at radius 3 is 2.83 bits per heavy atom. The lowest BCUT2D eigenvalue weighted by Gasteiger charge is -2.26. The number of unbranched alkanes of at least 4 members (excludes halogenated alkanes) is 1. The summed E-state index contributed by atoms with van der Waals surface area (Å²) in [5.41, 5.74) is 1.32. The number of rotatable bonds is 11. The van der Waals surface area contributed by atoms with E-state index < -0.39 is 0 Å². The summed E-state index contributed by atoms with van der Waals surface area (Å²) in [4.78, 5) is 17.7. The Morgan fingerprint density at radius 2 is 2.03 bits per heavy atom. The van der Waals surface area contributed by atoms with Crippen LogP contribution in [0.5, 0.6) is 5.75 Å². The molecule has 0 bridgehead atoms. The Bertz CT molecular complexity index is 802. The molecule has 8 nitrogen and oxygen atoms in total. The highest BCUT2D eigenvalue weighted by molar-refractivity contribution is 5.65. The first-order valence-corrected chi connectivity index (χ1v) is 10.8. The van der Waals surface area contributed by atoms with Gasteiger partial charge in [0.05, 0.1) is 6.61 Å². The third-order valence-corrected chi connectivity index (χ3v) is 5.09. The predicted octanol–water partition coefficient (Wildman–Crippen LogP) is 3.14. The van der Waals surface area contributed by atoms with E-state index in [1.165, 1.54) is 44.8 Å². The van der Waals surface area contributed by atoms with Crippen molar-refractivity contribution >= 4 is 11.9 Å². The van der Waals surface area contributed by atoms with Gasteiger partial charge in [0.1, 0.15) is 5.75 Å². The Labute approximate surface area is 178 Å². The van der Waals surface area contributed by atoms with Crippen LogP contribution in [0.15, 0.2) is 24.3 Å². The number of nitrogens with zero attached hydrogens (tertiary/aromatic N) is 4. The smallest absolute Gasteiger partial charge is 0.303 e. The number of nitrogens with one attached hydrogen (secondary N) is 1. The van der Waals surface area contributed by atoms with Gasteiger partial charge in [-0.05, 0) is 56.5 Å². The number of aryl methyl sites for hydroxylation is 1. The first-order chi connectivity index (χ1) is 14.6. The summed E-state index contributed by atoms with van der Waals surface area (Å²) >= 11 is 0. The molecule has 1 aromatic heterocycles. The van der Waals surface area contributed by atoms with Crippen LogP contribution in [0.2, 0.25) is 0 Å². The summed E-state index contributed by atoms with van der Waals surface area (Å²) in [6.07, 6.45) is 5.89. The fraction of sp³-hybridized carbons (Fsp3) is 0.591. The van der Waals surface area contributed by atoms with Crippen molar-refractivity contribution in [2.24, 2.45) is 7.05 Å². The highest BCUT2D eigenvalue weighted by Gasteiger charge is 2.11. The van der Waals surface area contributed by atoms with Gasteiger partial charge < -0.3 is 14.8 Å². The van der Waals surface area contributed by atoms with Gasteiger partial charge in [-0.3, -0.25) is 9.69 Å². The molecule has 1 aromatic carbocycles. The van der Waals surface area contributed by atoms with Crippen LogP contribution in [0.3, 0.4) is 0 Å². The third kappa shape index (κ3) is 7.33. The van der Waals surface area contributed by atoms with Crippen molar-refractivity contribution < 1.29 is 14.3 Å². The van der Waals surface area contributed by atoms with Crippen molar-refractivity contribution in [3.63, 3.8) is 0 Å². The summed E-state index contributed by atoms with van der Waals surface area (Å²) in [6, 6.07) is 8.46. The zero-order chi connectivity index (χ0) is 21.2. The second-order valence-corrected chi connectivity index (χ2v) is 7.72. The van der Waals surface area contributed by atoms with Crippen molar-refractivity contribution in [1.82, 2.24) is 19.7 Å². The van der Waals surface area contributed by atoms with Crippen LogP contribution in [-0.2, 0) is 29.7 Å². The van der Waals surface area contributed by atoms with Gasteiger partial charge >= 0.3 is 5.97 Å². The number of benzene rings is 1. The van der Waals surface area contributed by atoms with Crippen LogP contribution in [0.4, 0.5) is 5.95 Å². The Morgan fingerprint density at radius 1 is 1.20 bits per heavy atom. The van der Waals surface area contributed by atoms with E-state index in [4.69, 9.17) is 9.47 Å².